The average Bonchev–Trinajstić information content (AvgIpc) is 3.28. The number of nitrogens with zero attached hydrogens (tertiary/aromatic N) is 6. The van der Waals surface area contributed by atoms with Crippen LogP contribution in [0.5, 0.6) is 0 Å². The summed E-state index contributed by atoms with van der Waals surface area (Å²) in [6.07, 6.45) is 1.17. The number of carbonyl (C=O) groups is 1. The van der Waals surface area contributed by atoms with Gasteiger partial charge in [0.25, 0.3) is 6.43 Å². The molecule has 1 amide bonds. The van der Waals surface area contributed by atoms with Crippen LogP contribution in [0.2, 0.25) is 0 Å². The fourth-order valence-corrected chi connectivity index (χ4v) is 3.20. The summed E-state index contributed by atoms with van der Waals surface area (Å²) in [4.78, 5) is 26.1. The van der Waals surface area contributed by atoms with Gasteiger partial charge < -0.3 is 4.90 Å². The molecule has 0 radical (unpaired) electrons. The van der Waals surface area contributed by atoms with Gasteiger partial charge in [0.15, 0.2) is 5.65 Å². The van der Waals surface area contributed by atoms with Crippen molar-refractivity contribution in [3.8, 4) is 11.4 Å². The lowest BCUT2D eigenvalue weighted by atomic mass is 10.0. The van der Waals surface area contributed by atoms with Crippen LogP contribution in [0.15, 0.2) is 30.7 Å². The molecule has 3 aromatic rings. The molecule has 1 unspecified atom stereocenters. The Hall–Kier alpha value is -2.97. The fraction of sp³-hybridized carbons (Fsp3) is 0.353. The molecular weight excluding hydrogens is 342 g/mol. The van der Waals surface area contributed by atoms with Crippen molar-refractivity contribution in [3.05, 3.63) is 42.1 Å². The Bertz CT molecular complexity index is 973. The number of imidazole rings is 1. The second kappa shape index (κ2) is 6.40. The van der Waals surface area contributed by atoms with E-state index in [4.69, 9.17) is 0 Å². The van der Waals surface area contributed by atoms with Crippen molar-refractivity contribution in [2.45, 2.75) is 25.7 Å². The predicted molar refractivity (Wildman–Crippen MR) is 88.6 cm³/mol. The molecular formula is C17H16F2N6O. The zero-order valence-corrected chi connectivity index (χ0v) is 14.0. The first kappa shape index (κ1) is 16.5. The third kappa shape index (κ3) is 2.89. The standard InChI is InChI=1S/C17H16F2N6O/c1-10(26)24-5-4-11(8-24)13-6-14(22-9-21-13)15-7-20-16-3-2-12(17(18)19)23-25(15)16/h2-3,6-7,9,11,17H,4-5,8H2,1H3. The predicted octanol–water partition coefficient (Wildman–Crippen LogP) is 2.46. The van der Waals surface area contributed by atoms with Crippen molar-refractivity contribution in [1.82, 2.24) is 29.5 Å². The molecule has 1 aliphatic rings. The Kier molecular flexibility index (Phi) is 4.06. The minimum atomic E-state index is -2.66. The Morgan fingerprint density at radius 2 is 2.12 bits per heavy atom. The van der Waals surface area contributed by atoms with E-state index in [9.17, 15) is 13.6 Å². The number of fused-ring (bicyclic) bond motifs is 1. The largest absolute Gasteiger partial charge is 0.342 e. The van der Waals surface area contributed by atoms with Gasteiger partial charge >= 0.3 is 0 Å². The van der Waals surface area contributed by atoms with Crippen LogP contribution in [0, 0.1) is 0 Å². The number of likely N-dealkylation sites (tertiary alicyclic amines) is 1. The van der Waals surface area contributed by atoms with Gasteiger partial charge in [-0.2, -0.15) is 5.10 Å². The van der Waals surface area contributed by atoms with Crippen molar-refractivity contribution < 1.29 is 13.6 Å². The topological polar surface area (TPSA) is 76.3 Å². The lowest BCUT2D eigenvalue weighted by Gasteiger charge is -2.13. The number of halogens is 2. The van der Waals surface area contributed by atoms with E-state index in [0.717, 1.165) is 12.1 Å². The normalized spacial score (nSPS) is 17.4. The van der Waals surface area contributed by atoms with Crippen LogP contribution in [0.1, 0.15) is 37.1 Å². The lowest BCUT2D eigenvalue weighted by molar-refractivity contribution is -0.127. The van der Waals surface area contributed by atoms with Crippen molar-refractivity contribution >= 4 is 11.6 Å². The maximum absolute atomic E-state index is 13.0. The molecule has 1 atom stereocenters. The highest BCUT2D eigenvalue weighted by Gasteiger charge is 2.27. The zero-order chi connectivity index (χ0) is 18.3. The lowest BCUT2D eigenvalue weighted by Crippen LogP contribution is -2.25. The summed E-state index contributed by atoms with van der Waals surface area (Å²) >= 11 is 0. The summed E-state index contributed by atoms with van der Waals surface area (Å²) < 4.78 is 27.3. The molecule has 1 fully saturated rings. The fourth-order valence-electron chi connectivity index (χ4n) is 3.20. The van der Waals surface area contributed by atoms with Gasteiger partial charge in [-0.15, -0.1) is 0 Å². The van der Waals surface area contributed by atoms with Crippen LogP contribution in [0.3, 0.4) is 0 Å². The van der Waals surface area contributed by atoms with Crippen molar-refractivity contribution in [2.24, 2.45) is 0 Å². The molecule has 0 N–H and O–H groups in total. The number of rotatable bonds is 3. The molecule has 134 valence electrons. The van der Waals surface area contributed by atoms with Crippen molar-refractivity contribution in [2.75, 3.05) is 13.1 Å². The monoisotopic (exact) mass is 358 g/mol. The van der Waals surface area contributed by atoms with Crippen molar-refractivity contribution in [1.29, 1.82) is 0 Å². The molecule has 1 aliphatic heterocycles. The quantitative estimate of drug-likeness (QED) is 0.719. The maximum Gasteiger partial charge on any atom is 0.282 e. The van der Waals surface area contributed by atoms with E-state index in [1.54, 1.807) is 18.0 Å². The highest BCUT2D eigenvalue weighted by Crippen LogP contribution is 2.28. The van der Waals surface area contributed by atoms with Gasteiger partial charge in [0, 0.05) is 31.6 Å². The minimum absolute atomic E-state index is 0.0484. The summed E-state index contributed by atoms with van der Waals surface area (Å²) in [5.74, 6) is 0.178. The van der Waals surface area contributed by atoms with Crippen LogP contribution in [-0.4, -0.2) is 48.5 Å². The van der Waals surface area contributed by atoms with E-state index >= 15 is 0 Å². The Morgan fingerprint density at radius 3 is 2.85 bits per heavy atom. The van der Waals surface area contributed by atoms with Gasteiger partial charge in [-0.1, -0.05) is 0 Å². The van der Waals surface area contributed by atoms with Gasteiger partial charge in [-0.25, -0.2) is 28.2 Å². The molecule has 0 aliphatic carbocycles. The molecule has 7 nitrogen and oxygen atoms in total. The molecule has 26 heavy (non-hydrogen) atoms. The van der Waals surface area contributed by atoms with E-state index in [0.29, 0.717) is 30.1 Å². The van der Waals surface area contributed by atoms with Gasteiger partial charge in [-0.3, -0.25) is 4.79 Å². The summed E-state index contributed by atoms with van der Waals surface area (Å²) in [7, 11) is 0. The van der Waals surface area contributed by atoms with E-state index in [2.05, 4.69) is 20.1 Å². The van der Waals surface area contributed by atoms with Gasteiger partial charge in [0.2, 0.25) is 5.91 Å². The summed E-state index contributed by atoms with van der Waals surface area (Å²) in [5.41, 5.74) is 2.04. The number of aromatic nitrogens is 5. The number of carbonyl (C=O) groups excluding carboxylic acids is 1. The number of hydrogen-bond acceptors (Lipinski definition) is 5. The smallest absolute Gasteiger partial charge is 0.282 e. The van der Waals surface area contributed by atoms with Gasteiger partial charge in [0.1, 0.15) is 17.7 Å². The zero-order valence-electron chi connectivity index (χ0n) is 14.0. The number of alkyl halides is 2. The van der Waals surface area contributed by atoms with Crippen LogP contribution in [-0.2, 0) is 4.79 Å². The van der Waals surface area contributed by atoms with E-state index in [1.165, 1.54) is 23.0 Å². The first-order chi connectivity index (χ1) is 12.5. The highest BCUT2D eigenvalue weighted by molar-refractivity contribution is 5.73. The second-order valence-corrected chi connectivity index (χ2v) is 6.25. The van der Waals surface area contributed by atoms with Gasteiger partial charge in [0.05, 0.1) is 11.9 Å². The van der Waals surface area contributed by atoms with E-state index in [-0.39, 0.29) is 17.5 Å². The Morgan fingerprint density at radius 1 is 1.27 bits per heavy atom. The second-order valence-electron chi connectivity index (χ2n) is 6.25. The molecule has 0 spiro atoms. The molecule has 4 rings (SSSR count). The first-order valence-corrected chi connectivity index (χ1v) is 8.23. The molecule has 3 aromatic heterocycles. The number of hydrogen-bond donors (Lipinski definition) is 0. The summed E-state index contributed by atoms with van der Waals surface area (Å²) in [5, 5.41) is 3.96. The van der Waals surface area contributed by atoms with E-state index in [1.807, 2.05) is 6.07 Å². The van der Waals surface area contributed by atoms with Crippen LogP contribution >= 0.6 is 0 Å². The highest BCUT2D eigenvalue weighted by atomic mass is 19.3. The maximum atomic E-state index is 13.0. The summed E-state index contributed by atoms with van der Waals surface area (Å²) in [6, 6.07) is 4.58. The van der Waals surface area contributed by atoms with Gasteiger partial charge in [-0.05, 0) is 24.6 Å². The SMILES string of the molecule is CC(=O)N1CCC(c2cc(-c3cnc4ccc(C(F)F)nn34)ncn2)C1. The molecule has 0 saturated carbocycles. The molecule has 9 heteroatoms. The first-order valence-electron chi connectivity index (χ1n) is 8.23. The molecule has 1 saturated heterocycles. The van der Waals surface area contributed by atoms with E-state index < -0.39 is 6.43 Å². The summed E-state index contributed by atoms with van der Waals surface area (Å²) in [6.45, 7) is 2.87. The Balaban J connectivity index is 1.70. The van der Waals surface area contributed by atoms with Crippen LogP contribution in [0.4, 0.5) is 8.78 Å². The Labute approximate surface area is 147 Å². The number of amides is 1. The van der Waals surface area contributed by atoms with Crippen molar-refractivity contribution in [3.63, 3.8) is 0 Å². The third-order valence-corrected chi connectivity index (χ3v) is 4.61. The average molecular weight is 358 g/mol. The third-order valence-electron chi connectivity index (χ3n) is 4.61. The van der Waals surface area contributed by atoms with Crippen LogP contribution < -0.4 is 0 Å². The molecule has 4 heterocycles. The minimum Gasteiger partial charge on any atom is -0.342 e. The molecule has 0 bridgehead atoms. The molecule has 0 aromatic carbocycles. The van der Waals surface area contributed by atoms with Crippen LogP contribution in [0.25, 0.3) is 17.0 Å².